The molecule has 0 spiro atoms. The number of hydrogen-bond acceptors (Lipinski definition) is 1. The van der Waals surface area contributed by atoms with Crippen molar-refractivity contribution < 1.29 is 0 Å². The molecular formula is C17H35N. The lowest BCUT2D eigenvalue weighted by Gasteiger charge is -2.45. The van der Waals surface area contributed by atoms with Gasteiger partial charge in [0.05, 0.1) is 0 Å². The molecule has 0 heterocycles. The van der Waals surface area contributed by atoms with Gasteiger partial charge in [0.1, 0.15) is 0 Å². The maximum atomic E-state index is 3.58. The fraction of sp³-hybridized carbons (Fsp3) is 1.00. The minimum Gasteiger partial charge on any atom is -0.317 e. The average molecular weight is 253 g/mol. The first-order valence-electron chi connectivity index (χ1n) is 8.18. The number of rotatable bonds is 8. The van der Waals surface area contributed by atoms with E-state index < -0.39 is 0 Å². The Balaban J connectivity index is 2.28. The first kappa shape index (κ1) is 16.0. The topological polar surface area (TPSA) is 12.0 Å². The quantitative estimate of drug-likeness (QED) is 0.660. The molecule has 1 fully saturated rings. The van der Waals surface area contributed by atoms with Crippen LogP contribution in [0.3, 0.4) is 0 Å². The van der Waals surface area contributed by atoms with Gasteiger partial charge in [0.2, 0.25) is 0 Å². The minimum atomic E-state index is 0.765. The van der Waals surface area contributed by atoms with Crippen LogP contribution in [0.5, 0.6) is 0 Å². The Bertz CT molecular complexity index is 224. The van der Waals surface area contributed by atoms with Crippen molar-refractivity contribution in [2.75, 3.05) is 7.05 Å². The van der Waals surface area contributed by atoms with Crippen LogP contribution in [0, 0.1) is 29.6 Å². The van der Waals surface area contributed by atoms with Crippen molar-refractivity contribution in [1.82, 2.24) is 5.32 Å². The molecule has 1 aliphatic carbocycles. The van der Waals surface area contributed by atoms with E-state index in [0.717, 1.165) is 35.6 Å². The van der Waals surface area contributed by atoms with Crippen molar-refractivity contribution in [2.24, 2.45) is 29.6 Å². The second kappa shape index (κ2) is 7.53. The van der Waals surface area contributed by atoms with E-state index >= 15 is 0 Å². The molecule has 5 unspecified atom stereocenters. The van der Waals surface area contributed by atoms with Crippen molar-refractivity contribution in [3.8, 4) is 0 Å². The lowest BCUT2D eigenvalue weighted by atomic mass is 9.63. The van der Waals surface area contributed by atoms with E-state index in [1.54, 1.807) is 0 Å². The SMILES string of the molecule is CCC(CCCC(NC)C1CC(C)C1C)C(C)C. The largest absolute Gasteiger partial charge is 0.317 e. The molecule has 1 saturated carbocycles. The molecule has 0 bridgehead atoms. The summed E-state index contributed by atoms with van der Waals surface area (Å²) in [6.07, 6.45) is 6.98. The summed E-state index contributed by atoms with van der Waals surface area (Å²) in [6, 6.07) is 0.765. The summed E-state index contributed by atoms with van der Waals surface area (Å²) < 4.78 is 0. The molecule has 0 saturated heterocycles. The molecule has 108 valence electrons. The molecule has 1 heteroatoms. The third-order valence-corrected chi connectivity index (χ3v) is 5.66. The molecule has 1 aliphatic rings. The molecule has 5 atom stereocenters. The normalized spacial score (nSPS) is 31.2. The van der Waals surface area contributed by atoms with Crippen molar-refractivity contribution in [2.45, 2.75) is 72.8 Å². The van der Waals surface area contributed by atoms with E-state index in [4.69, 9.17) is 0 Å². The van der Waals surface area contributed by atoms with Crippen LogP contribution in [0.15, 0.2) is 0 Å². The van der Waals surface area contributed by atoms with Crippen molar-refractivity contribution in [3.05, 3.63) is 0 Å². The van der Waals surface area contributed by atoms with Crippen LogP contribution >= 0.6 is 0 Å². The molecule has 0 aliphatic heterocycles. The first-order chi connectivity index (χ1) is 8.51. The third-order valence-electron chi connectivity index (χ3n) is 5.66. The lowest BCUT2D eigenvalue weighted by molar-refractivity contribution is 0.0637. The Kier molecular flexibility index (Phi) is 6.70. The summed E-state index contributed by atoms with van der Waals surface area (Å²) in [5.74, 6) is 4.59. The van der Waals surface area contributed by atoms with E-state index in [2.05, 4.69) is 47.0 Å². The van der Waals surface area contributed by atoms with Gasteiger partial charge in [-0.1, -0.05) is 53.9 Å². The van der Waals surface area contributed by atoms with Crippen molar-refractivity contribution in [1.29, 1.82) is 0 Å². The standard InChI is InChI=1S/C17H35N/c1-7-15(12(2)3)9-8-10-17(18-6)16-11-13(4)14(16)5/h12-18H,7-11H2,1-6H3. The highest BCUT2D eigenvalue weighted by Gasteiger charge is 2.38. The highest BCUT2D eigenvalue weighted by Crippen LogP contribution is 2.42. The minimum absolute atomic E-state index is 0.765. The first-order valence-corrected chi connectivity index (χ1v) is 8.18. The number of hydrogen-bond donors (Lipinski definition) is 1. The molecule has 0 aromatic heterocycles. The Morgan fingerprint density at radius 3 is 2.22 bits per heavy atom. The molecule has 1 nitrogen and oxygen atoms in total. The van der Waals surface area contributed by atoms with Crippen LogP contribution < -0.4 is 5.32 Å². The van der Waals surface area contributed by atoms with E-state index in [9.17, 15) is 0 Å². The Labute approximate surface area is 115 Å². The molecule has 1 rings (SSSR count). The lowest BCUT2D eigenvalue weighted by Crippen LogP contribution is -2.46. The summed E-state index contributed by atoms with van der Waals surface area (Å²) >= 11 is 0. The Hall–Kier alpha value is -0.0400. The van der Waals surface area contributed by atoms with Gasteiger partial charge in [0, 0.05) is 6.04 Å². The summed E-state index contributed by atoms with van der Waals surface area (Å²) in [5.41, 5.74) is 0. The third kappa shape index (κ3) is 3.98. The molecule has 1 N–H and O–H groups in total. The van der Waals surface area contributed by atoms with E-state index in [0.29, 0.717) is 0 Å². The predicted molar refractivity (Wildman–Crippen MR) is 81.8 cm³/mol. The van der Waals surface area contributed by atoms with Gasteiger partial charge in [0.25, 0.3) is 0 Å². The maximum Gasteiger partial charge on any atom is 0.00950 e. The molecule has 0 amide bonds. The summed E-state index contributed by atoms with van der Waals surface area (Å²) in [5, 5.41) is 3.58. The van der Waals surface area contributed by atoms with Crippen LogP contribution in [-0.4, -0.2) is 13.1 Å². The van der Waals surface area contributed by atoms with Crippen LogP contribution in [0.4, 0.5) is 0 Å². The van der Waals surface area contributed by atoms with E-state index in [1.165, 1.54) is 32.1 Å². The van der Waals surface area contributed by atoms with E-state index in [-0.39, 0.29) is 0 Å². The van der Waals surface area contributed by atoms with Crippen LogP contribution in [0.2, 0.25) is 0 Å². The van der Waals surface area contributed by atoms with Crippen LogP contribution in [-0.2, 0) is 0 Å². The van der Waals surface area contributed by atoms with Gasteiger partial charge in [-0.05, 0) is 49.5 Å². The van der Waals surface area contributed by atoms with Gasteiger partial charge in [-0.2, -0.15) is 0 Å². The summed E-state index contributed by atoms with van der Waals surface area (Å²) in [7, 11) is 2.15. The zero-order valence-electron chi connectivity index (χ0n) is 13.5. The van der Waals surface area contributed by atoms with Gasteiger partial charge >= 0.3 is 0 Å². The van der Waals surface area contributed by atoms with Gasteiger partial charge in [-0.3, -0.25) is 0 Å². The second-order valence-corrected chi connectivity index (χ2v) is 6.97. The second-order valence-electron chi connectivity index (χ2n) is 6.97. The van der Waals surface area contributed by atoms with Gasteiger partial charge < -0.3 is 5.32 Å². The zero-order chi connectivity index (χ0) is 13.7. The molecule has 0 aromatic carbocycles. The zero-order valence-corrected chi connectivity index (χ0v) is 13.5. The number of nitrogens with one attached hydrogen (secondary N) is 1. The Morgan fingerprint density at radius 2 is 1.83 bits per heavy atom. The summed E-state index contributed by atoms with van der Waals surface area (Å²) in [6.45, 7) is 11.9. The maximum absolute atomic E-state index is 3.58. The molecule has 0 aromatic rings. The smallest absolute Gasteiger partial charge is 0.00950 e. The summed E-state index contributed by atoms with van der Waals surface area (Å²) in [4.78, 5) is 0. The van der Waals surface area contributed by atoms with Gasteiger partial charge in [-0.15, -0.1) is 0 Å². The molecular weight excluding hydrogens is 218 g/mol. The van der Waals surface area contributed by atoms with Crippen LogP contribution in [0.25, 0.3) is 0 Å². The monoisotopic (exact) mass is 253 g/mol. The van der Waals surface area contributed by atoms with Gasteiger partial charge in [-0.25, -0.2) is 0 Å². The van der Waals surface area contributed by atoms with Gasteiger partial charge in [0.15, 0.2) is 0 Å². The van der Waals surface area contributed by atoms with Crippen molar-refractivity contribution >= 4 is 0 Å². The van der Waals surface area contributed by atoms with Crippen molar-refractivity contribution in [3.63, 3.8) is 0 Å². The fourth-order valence-corrected chi connectivity index (χ4v) is 3.80. The van der Waals surface area contributed by atoms with E-state index in [1.807, 2.05) is 0 Å². The molecule has 0 radical (unpaired) electrons. The predicted octanol–water partition coefficient (Wildman–Crippen LogP) is 4.72. The highest BCUT2D eigenvalue weighted by molar-refractivity contribution is 4.91. The highest BCUT2D eigenvalue weighted by atomic mass is 14.9. The van der Waals surface area contributed by atoms with Crippen LogP contribution in [0.1, 0.15) is 66.7 Å². The Morgan fingerprint density at radius 1 is 1.17 bits per heavy atom. The molecule has 18 heavy (non-hydrogen) atoms. The fourth-order valence-electron chi connectivity index (χ4n) is 3.80. The average Bonchev–Trinajstić information content (AvgIpc) is 2.36.